The summed E-state index contributed by atoms with van der Waals surface area (Å²) >= 11 is 1.66. The van der Waals surface area contributed by atoms with Crippen molar-refractivity contribution in [2.75, 3.05) is 6.54 Å². The molecule has 1 aliphatic rings. The lowest BCUT2D eigenvalue weighted by atomic mass is 10.1. The number of carbonyl (C=O) groups excluding carboxylic acids is 1. The second-order valence-electron chi connectivity index (χ2n) is 6.77. The van der Waals surface area contributed by atoms with Crippen molar-refractivity contribution in [2.45, 2.75) is 39.7 Å². The van der Waals surface area contributed by atoms with E-state index in [1.165, 1.54) is 4.88 Å². The van der Waals surface area contributed by atoms with E-state index in [1.807, 2.05) is 49.1 Å². The van der Waals surface area contributed by atoms with Gasteiger partial charge >= 0.3 is 0 Å². The number of hydrogen-bond donors (Lipinski definition) is 0. The quantitative estimate of drug-likeness (QED) is 0.673. The van der Waals surface area contributed by atoms with Gasteiger partial charge in [-0.1, -0.05) is 17.3 Å². The van der Waals surface area contributed by atoms with Crippen LogP contribution < -0.4 is 0 Å². The van der Waals surface area contributed by atoms with Crippen LogP contribution >= 0.6 is 11.3 Å². The van der Waals surface area contributed by atoms with E-state index in [9.17, 15) is 4.79 Å². The lowest BCUT2D eigenvalue weighted by molar-refractivity contribution is 0.0714. The van der Waals surface area contributed by atoms with Crippen LogP contribution in [0.5, 0.6) is 0 Å². The molecule has 3 aromatic rings. The number of rotatable bonds is 3. The monoisotopic (exact) mass is 367 g/mol. The van der Waals surface area contributed by atoms with Gasteiger partial charge in [0.25, 0.3) is 5.91 Å². The Bertz CT molecular complexity index is 940. The largest absolute Gasteiger partial charge is 0.359 e. The van der Waals surface area contributed by atoms with Crippen molar-refractivity contribution < 1.29 is 9.32 Å². The zero-order valence-electron chi connectivity index (χ0n) is 15.2. The second kappa shape index (κ2) is 6.68. The van der Waals surface area contributed by atoms with E-state index in [2.05, 4.69) is 17.1 Å². The van der Waals surface area contributed by atoms with E-state index in [1.54, 1.807) is 11.3 Å². The van der Waals surface area contributed by atoms with Crippen molar-refractivity contribution in [1.82, 2.24) is 15.0 Å². The summed E-state index contributed by atoms with van der Waals surface area (Å²) in [5, 5.41) is 4.93. The van der Waals surface area contributed by atoms with E-state index >= 15 is 0 Å². The van der Waals surface area contributed by atoms with Crippen LogP contribution in [-0.2, 0) is 0 Å². The highest BCUT2D eigenvalue weighted by Gasteiger charge is 2.33. The standard InChI is InChI=1S/C20H21N3O2S/c1-12-10-18(25-22-12)17-8-5-9-23(17)20(24)16-7-4-6-15(11-16)19-21-13(2)14(3)26-19/h4,6-7,10-11,17H,5,8-9H2,1-3H3/t17-/m1/s1. The Kier molecular flexibility index (Phi) is 4.36. The molecule has 1 amide bonds. The molecule has 1 fully saturated rings. The summed E-state index contributed by atoms with van der Waals surface area (Å²) in [5.74, 6) is 0.809. The number of carbonyl (C=O) groups is 1. The summed E-state index contributed by atoms with van der Waals surface area (Å²) in [6.45, 7) is 6.72. The molecule has 0 N–H and O–H groups in total. The van der Waals surface area contributed by atoms with Crippen molar-refractivity contribution in [1.29, 1.82) is 0 Å². The summed E-state index contributed by atoms with van der Waals surface area (Å²) in [7, 11) is 0. The summed E-state index contributed by atoms with van der Waals surface area (Å²) in [4.78, 5) is 20.9. The molecule has 0 unspecified atom stereocenters. The summed E-state index contributed by atoms with van der Waals surface area (Å²) in [5.41, 5.74) is 3.57. The Morgan fingerprint density at radius 2 is 2.12 bits per heavy atom. The molecule has 4 rings (SSSR count). The van der Waals surface area contributed by atoms with Crippen LogP contribution in [0.1, 0.15) is 51.3 Å². The van der Waals surface area contributed by atoms with Gasteiger partial charge in [-0.15, -0.1) is 11.3 Å². The van der Waals surface area contributed by atoms with Crippen LogP contribution in [0.15, 0.2) is 34.9 Å². The molecular formula is C20H21N3O2S. The number of aryl methyl sites for hydroxylation is 3. The number of amides is 1. The molecule has 0 spiro atoms. The molecule has 26 heavy (non-hydrogen) atoms. The second-order valence-corrected chi connectivity index (χ2v) is 7.97. The van der Waals surface area contributed by atoms with E-state index in [-0.39, 0.29) is 11.9 Å². The number of likely N-dealkylation sites (tertiary alicyclic amines) is 1. The van der Waals surface area contributed by atoms with Crippen molar-refractivity contribution in [2.24, 2.45) is 0 Å². The van der Waals surface area contributed by atoms with Gasteiger partial charge in [0.15, 0.2) is 5.76 Å². The lowest BCUT2D eigenvalue weighted by Gasteiger charge is -2.22. The summed E-state index contributed by atoms with van der Waals surface area (Å²) in [6, 6.07) is 9.65. The fourth-order valence-electron chi connectivity index (χ4n) is 3.39. The zero-order chi connectivity index (χ0) is 18.3. The molecule has 0 saturated carbocycles. The minimum atomic E-state index is -0.0308. The van der Waals surface area contributed by atoms with Crippen LogP contribution in [0.2, 0.25) is 0 Å². The van der Waals surface area contributed by atoms with Gasteiger partial charge in [-0.3, -0.25) is 4.79 Å². The summed E-state index contributed by atoms with van der Waals surface area (Å²) in [6.07, 6.45) is 1.88. The lowest BCUT2D eigenvalue weighted by Crippen LogP contribution is -2.30. The van der Waals surface area contributed by atoms with E-state index in [0.29, 0.717) is 5.56 Å². The molecule has 2 aromatic heterocycles. The molecule has 0 radical (unpaired) electrons. The molecule has 0 bridgehead atoms. The average Bonchev–Trinajstić information content (AvgIpc) is 3.35. The fraction of sp³-hybridized carbons (Fsp3) is 0.350. The van der Waals surface area contributed by atoms with Gasteiger partial charge in [0, 0.05) is 28.6 Å². The molecule has 6 heteroatoms. The maximum absolute atomic E-state index is 13.1. The first-order chi connectivity index (χ1) is 12.5. The minimum Gasteiger partial charge on any atom is -0.359 e. The van der Waals surface area contributed by atoms with Crippen molar-refractivity contribution in [3.05, 3.63) is 57.9 Å². The van der Waals surface area contributed by atoms with Gasteiger partial charge in [-0.2, -0.15) is 0 Å². The molecule has 3 heterocycles. The Morgan fingerprint density at radius 1 is 1.27 bits per heavy atom. The van der Waals surface area contributed by atoms with Gasteiger partial charge in [0.05, 0.1) is 17.4 Å². The number of benzene rings is 1. The van der Waals surface area contributed by atoms with E-state index in [4.69, 9.17) is 4.52 Å². The third kappa shape index (κ3) is 3.05. The predicted molar refractivity (Wildman–Crippen MR) is 101 cm³/mol. The molecular weight excluding hydrogens is 346 g/mol. The molecule has 0 aliphatic carbocycles. The Labute approximate surface area is 156 Å². The minimum absolute atomic E-state index is 0.0308. The number of thiazole rings is 1. The first-order valence-electron chi connectivity index (χ1n) is 8.81. The smallest absolute Gasteiger partial charge is 0.254 e. The number of hydrogen-bond acceptors (Lipinski definition) is 5. The molecule has 1 aromatic carbocycles. The fourth-order valence-corrected chi connectivity index (χ4v) is 4.30. The molecule has 5 nitrogen and oxygen atoms in total. The first-order valence-corrected chi connectivity index (χ1v) is 9.63. The Balaban J connectivity index is 1.62. The topological polar surface area (TPSA) is 59.2 Å². The van der Waals surface area contributed by atoms with Crippen LogP contribution in [-0.4, -0.2) is 27.5 Å². The average molecular weight is 367 g/mol. The zero-order valence-corrected chi connectivity index (χ0v) is 16.0. The number of aromatic nitrogens is 2. The van der Waals surface area contributed by atoms with Crippen LogP contribution in [0.3, 0.4) is 0 Å². The SMILES string of the molecule is Cc1cc([C@H]2CCCN2C(=O)c2cccc(-c3nc(C)c(C)s3)c2)on1. The van der Waals surface area contributed by atoms with Gasteiger partial charge in [-0.25, -0.2) is 4.98 Å². The van der Waals surface area contributed by atoms with Crippen LogP contribution in [0.25, 0.3) is 10.6 Å². The molecule has 1 aliphatic heterocycles. The summed E-state index contributed by atoms with van der Waals surface area (Å²) < 4.78 is 5.42. The van der Waals surface area contributed by atoms with Crippen molar-refractivity contribution in [3.8, 4) is 10.6 Å². The Morgan fingerprint density at radius 3 is 2.81 bits per heavy atom. The molecule has 1 atom stereocenters. The van der Waals surface area contributed by atoms with Gasteiger partial charge in [0.2, 0.25) is 0 Å². The highest BCUT2D eigenvalue weighted by atomic mass is 32.1. The first kappa shape index (κ1) is 17.0. The van der Waals surface area contributed by atoms with E-state index < -0.39 is 0 Å². The van der Waals surface area contributed by atoms with Crippen LogP contribution in [0, 0.1) is 20.8 Å². The highest BCUT2D eigenvalue weighted by Crippen LogP contribution is 2.34. The van der Waals surface area contributed by atoms with E-state index in [0.717, 1.165) is 47.1 Å². The number of nitrogens with zero attached hydrogens (tertiary/aromatic N) is 3. The van der Waals surface area contributed by atoms with Crippen molar-refractivity contribution >= 4 is 17.2 Å². The molecule has 1 saturated heterocycles. The third-order valence-corrected chi connectivity index (χ3v) is 6.00. The third-order valence-electron chi connectivity index (χ3n) is 4.87. The molecule has 134 valence electrons. The normalized spacial score (nSPS) is 17.0. The predicted octanol–water partition coefficient (Wildman–Crippen LogP) is 4.70. The van der Waals surface area contributed by atoms with Crippen LogP contribution in [0.4, 0.5) is 0 Å². The van der Waals surface area contributed by atoms with Gasteiger partial charge in [0.1, 0.15) is 5.01 Å². The Hall–Kier alpha value is -2.47. The van der Waals surface area contributed by atoms with Crippen molar-refractivity contribution in [3.63, 3.8) is 0 Å². The highest BCUT2D eigenvalue weighted by molar-refractivity contribution is 7.15. The van der Waals surface area contributed by atoms with Gasteiger partial charge in [-0.05, 0) is 45.7 Å². The maximum atomic E-state index is 13.1. The maximum Gasteiger partial charge on any atom is 0.254 e. The van der Waals surface area contributed by atoms with Gasteiger partial charge < -0.3 is 9.42 Å².